The molecule has 1 atom stereocenters. The summed E-state index contributed by atoms with van der Waals surface area (Å²) in [6, 6.07) is 9.46. The van der Waals surface area contributed by atoms with Gasteiger partial charge < -0.3 is 4.74 Å². The van der Waals surface area contributed by atoms with Crippen molar-refractivity contribution in [1.82, 2.24) is 0 Å². The Morgan fingerprint density at radius 1 is 1.47 bits per heavy atom. The lowest BCUT2D eigenvalue weighted by molar-refractivity contribution is -0.154. The summed E-state index contributed by atoms with van der Waals surface area (Å²) < 4.78 is 4.86. The van der Waals surface area contributed by atoms with Crippen LogP contribution >= 0.6 is 0 Å². The van der Waals surface area contributed by atoms with E-state index in [1.165, 1.54) is 5.06 Å². The largest absolute Gasteiger partial charge is 0.463 e. The number of nitrogens with zero attached hydrogens (tertiary/aromatic N) is 2. The van der Waals surface area contributed by atoms with E-state index in [0.29, 0.717) is 12.4 Å². The van der Waals surface area contributed by atoms with Crippen LogP contribution < -0.4 is 5.06 Å². The third kappa shape index (κ3) is 2.45. The van der Waals surface area contributed by atoms with Crippen molar-refractivity contribution in [3.63, 3.8) is 0 Å². The number of carbonyl (C=O) groups is 1. The second-order valence-corrected chi connectivity index (χ2v) is 3.52. The molecular formula is C12H14N2O3. The number of hydrogen-bond acceptors (Lipinski definition) is 5. The molecule has 2 rings (SSSR count). The van der Waals surface area contributed by atoms with Gasteiger partial charge in [-0.15, -0.1) is 0 Å². The van der Waals surface area contributed by atoms with E-state index in [0.717, 1.165) is 5.69 Å². The van der Waals surface area contributed by atoms with Gasteiger partial charge in [-0.2, -0.15) is 0 Å². The Morgan fingerprint density at radius 3 is 2.82 bits per heavy atom. The van der Waals surface area contributed by atoms with E-state index in [-0.39, 0.29) is 0 Å². The molecule has 0 bridgehead atoms. The van der Waals surface area contributed by atoms with Gasteiger partial charge in [-0.1, -0.05) is 18.2 Å². The van der Waals surface area contributed by atoms with Crippen molar-refractivity contribution in [2.45, 2.75) is 20.1 Å². The van der Waals surface area contributed by atoms with Crippen LogP contribution in [0.2, 0.25) is 0 Å². The molecule has 1 aliphatic rings. The highest BCUT2D eigenvalue weighted by Gasteiger charge is 2.31. The molecule has 5 heteroatoms. The van der Waals surface area contributed by atoms with E-state index in [1.54, 1.807) is 13.8 Å². The normalized spacial score (nSPS) is 19.1. The lowest BCUT2D eigenvalue weighted by Crippen LogP contribution is -2.29. The minimum Gasteiger partial charge on any atom is -0.463 e. The standard InChI is InChI=1S/C12H14N2O3/c1-3-16-12(15)11-13-9(2)14(17-11)10-7-5-4-6-8-10/h4-8,11H,3H2,1-2H3. The Hall–Kier alpha value is -1.88. The Balaban J connectivity index is 2.11. The van der Waals surface area contributed by atoms with E-state index in [4.69, 9.17) is 9.57 Å². The fourth-order valence-corrected chi connectivity index (χ4v) is 1.54. The first-order valence-electron chi connectivity index (χ1n) is 5.45. The average molecular weight is 234 g/mol. The van der Waals surface area contributed by atoms with Crippen molar-refractivity contribution >= 4 is 17.5 Å². The van der Waals surface area contributed by atoms with Crippen LogP contribution in [-0.2, 0) is 14.4 Å². The fourth-order valence-electron chi connectivity index (χ4n) is 1.54. The number of carbonyl (C=O) groups excluding carboxylic acids is 1. The molecule has 0 saturated carbocycles. The van der Waals surface area contributed by atoms with Crippen LogP contribution in [0.25, 0.3) is 0 Å². The summed E-state index contributed by atoms with van der Waals surface area (Å²) in [7, 11) is 0. The number of ether oxygens (including phenoxy) is 1. The second-order valence-electron chi connectivity index (χ2n) is 3.52. The SMILES string of the molecule is CCOC(=O)C1N=C(C)N(c2ccccc2)O1. The lowest BCUT2D eigenvalue weighted by atomic mass is 10.3. The Morgan fingerprint density at radius 2 is 2.18 bits per heavy atom. The van der Waals surface area contributed by atoms with Crippen molar-refractivity contribution < 1.29 is 14.4 Å². The zero-order chi connectivity index (χ0) is 12.3. The minimum atomic E-state index is -0.893. The highest BCUT2D eigenvalue weighted by atomic mass is 16.7. The first-order valence-corrected chi connectivity index (χ1v) is 5.45. The molecule has 0 fully saturated rings. The number of aliphatic imine (C=N–C) groups is 1. The van der Waals surface area contributed by atoms with Crippen LogP contribution in [0.3, 0.4) is 0 Å². The Bertz CT molecular complexity index is 431. The molecule has 1 aromatic carbocycles. The van der Waals surface area contributed by atoms with Gasteiger partial charge in [0.05, 0.1) is 12.3 Å². The van der Waals surface area contributed by atoms with Crippen LogP contribution in [0, 0.1) is 0 Å². The molecule has 1 aromatic rings. The van der Waals surface area contributed by atoms with E-state index in [1.807, 2.05) is 30.3 Å². The molecule has 17 heavy (non-hydrogen) atoms. The van der Waals surface area contributed by atoms with Gasteiger partial charge >= 0.3 is 5.97 Å². The summed E-state index contributed by atoms with van der Waals surface area (Å²) in [5.41, 5.74) is 0.834. The van der Waals surface area contributed by atoms with E-state index in [2.05, 4.69) is 4.99 Å². The molecule has 1 heterocycles. The van der Waals surface area contributed by atoms with Crippen LogP contribution in [0.15, 0.2) is 35.3 Å². The lowest BCUT2D eigenvalue weighted by Gasteiger charge is -2.17. The molecule has 5 nitrogen and oxygen atoms in total. The average Bonchev–Trinajstić information content (AvgIpc) is 2.73. The van der Waals surface area contributed by atoms with Gasteiger partial charge in [-0.05, 0) is 26.0 Å². The summed E-state index contributed by atoms with van der Waals surface area (Å²) in [5, 5.41) is 1.53. The highest BCUT2D eigenvalue weighted by molar-refractivity contribution is 5.97. The monoisotopic (exact) mass is 234 g/mol. The summed E-state index contributed by atoms with van der Waals surface area (Å²) in [6.45, 7) is 3.85. The summed E-state index contributed by atoms with van der Waals surface area (Å²) in [4.78, 5) is 21.0. The quantitative estimate of drug-likeness (QED) is 0.747. The van der Waals surface area contributed by atoms with Gasteiger partial charge in [0.1, 0.15) is 5.84 Å². The number of esters is 1. The number of anilines is 1. The molecule has 0 aromatic heterocycles. The predicted octanol–water partition coefficient (Wildman–Crippen LogP) is 1.75. The van der Waals surface area contributed by atoms with Gasteiger partial charge in [0.15, 0.2) is 0 Å². The molecule has 1 unspecified atom stereocenters. The Kier molecular flexibility index (Phi) is 3.39. The molecule has 0 aliphatic carbocycles. The molecular weight excluding hydrogens is 220 g/mol. The van der Waals surface area contributed by atoms with Crippen LogP contribution in [-0.4, -0.2) is 24.6 Å². The smallest absolute Gasteiger partial charge is 0.361 e. The van der Waals surface area contributed by atoms with Gasteiger partial charge in [-0.25, -0.2) is 19.7 Å². The van der Waals surface area contributed by atoms with Crippen molar-refractivity contribution in [2.75, 3.05) is 11.7 Å². The zero-order valence-corrected chi connectivity index (χ0v) is 9.79. The maximum absolute atomic E-state index is 11.5. The molecule has 0 spiro atoms. The third-order valence-corrected chi connectivity index (χ3v) is 2.28. The molecule has 0 amide bonds. The summed E-state index contributed by atoms with van der Waals surface area (Å²) in [6.07, 6.45) is -0.893. The Labute approximate surface area is 99.6 Å². The number of rotatable bonds is 3. The van der Waals surface area contributed by atoms with Gasteiger partial charge in [0.2, 0.25) is 0 Å². The van der Waals surface area contributed by atoms with Crippen molar-refractivity contribution in [3.05, 3.63) is 30.3 Å². The zero-order valence-electron chi connectivity index (χ0n) is 9.79. The van der Waals surface area contributed by atoms with Gasteiger partial charge in [0, 0.05) is 0 Å². The summed E-state index contributed by atoms with van der Waals surface area (Å²) >= 11 is 0. The molecule has 0 saturated heterocycles. The van der Waals surface area contributed by atoms with Crippen LogP contribution in [0.1, 0.15) is 13.8 Å². The van der Waals surface area contributed by atoms with Crippen molar-refractivity contribution in [2.24, 2.45) is 4.99 Å². The van der Waals surface area contributed by atoms with Gasteiger partial charge in [0.25, 0.3) is 6.23 Å². The number of amidine groups is 1. The molecule has 90 valence electrons. The fraction of sp³-hybridized carbons (Fsp3) is 0.333. The third-order valence-electron chi connectivity index (χ3n) is 2.28. The second kappa shape index (κ2) is 4.97. The van der Waals surface area contributed by atoms with E-state index >= 15 is 0 Å². The number of para-hydroxylation sites is 1. The molecule has 0 radical (unpaired) electrons. The number of benzene rings is 1. The van der Waals surface area contributed by atoms with Crippen molar-refractivity contribution in [3.8, 4) is 0 Å². The topological polar surface area (TPSA) is 51.1 Å². The van der Waals surface area contributed by atoms with E-state index in [9.17, 15) is 4.79 Å². The number of hydroxylamine groups is 1. The van der Waals surface area contributed by atoms with Gasteiger partial charge in [-0.3, -0.25) is 0 Å². The first kappa shape index (κ1) is 11.6. The van der Waals surface area contributed by atoms with Crippen LogP contribution in [0.5, 0.6) is 0 Å². The van der Waals surface area contributed by atoms with Crippen molar-refractivity contribution in [1.29, 1.82) is 0 Å². The molecule has 0 N–H and O–H groups in total. The maximum atomic E-state index is 11.5. The number of hydrogen-bond donors (Lipinski definition) is 0. The summed E-state index contributed by atoms with van der Waals surface area (Å²) in [5.74, 6) is 0.166. The predicted molar refractivity (Wildman–Crippen MR) is 63.5 cm³/mol. The first-order chi connectivity index (χ1) is 8.22. The van der Waals surface area contributed by atoms with E-state index < -0.39 is 12.2 Å². The van der Waals surface area contributed by atoms with Crippen LogP contribution in [0.4, 0.5) is 5.69 Å². The highest BCUT2D eigenvalue weighted by Crippen LogP contribution is 2.21. The minimum absolute atomic E-state index is 0.318. The molecule has 1 aliphatic heterocycles. The maximum Gasteiger partial charge on any atom is 0.361 e.